The maximum atomic E-state index is 12.8. The van der Waals surface area contributed by atoms with Gasteiger partial charge in [0.25, 0.3) is 5.91 Å². The Labute approximate surface area is 132 Å². The zero-order valence-corrected chi connectivity index (χ0v) is 13.7. The van der Waals surface area contributed by atoms with Crippen molar-refractivity contribution < 1.29 is 4.79 Å². The number of piperidine rings is 1. The molecule has 0 aromatic carbocycles. The van der Waals surface area contributed by atoms with Gasteiger partial charge in [-0.1, -0.05) is 6.92 Å². The molecule has 122 valence electrons. The standard InChI is InChI=1S/C16H27N5O/c1-3-8-21-9-5-12(6-10-21)20(2)16(22)15-13-11-17-7-4-14(13)18-19-15/h12,17H,3-11H2,1-2H3,(H,18,19). The Hall–Kier alpha value is -1.40. The fourth-order valence-corrected chi connectivity index (χ4v) is 3.58. The SMILES string of the molecule is CCCN1CCC(N(C)C(=O)c2n[nH]c3c2CNCC3)CC1. The van der Waals surface area contributed by atoms with Crippen LogP contribution in [0.15, 0.2) is 0 Å². The van der Waals surface area contributed by atoms with Crippen LogP contribution in [0.2, 0.25) is 0 Å². The summed E-state index contributed by atoms with van der Waals surface area (Å²) >= 11 is 0. The molecule has 1 fully saturated rings. The maximum Gasteiger partial charge on any atom is 0.274 e. The van der Waals surface area contributed by atoms with Gasteiger partial charge in [0.05, 0.1) is 0 Å². The van der Waals surface area contributed by atoms with Gasteiger partial charge < -0.3 is 15.1 Å². The van der Waals surface area contributed by atoms with Crippen LogP contribution in [0, 0.1) is 0 Å². The van der Waals surface area contributed by atoms with E-state index in [1.165, 1.54) is 13.0 Å². The maximum absolute atomic E-state index is 12.8. The molecule has 2 aliphatic heterocycles. The highest BCUT2D eigenvalue weighted by Crippen LogP contribution is 2.21. The summed E-state index contributed by atoms with van der Waals surface area (Å²) in [6.07, 6.45) is 4.25. The predicted molar refractivity (Wildman–Crippen MR) is 85.8 cm³/mol. The van der Waals surface area contributed by atoms with Crippen molar-refractivity contribution in [1.82, 2.24) is 25.3 Å². The number of nitrogens with zero attached hydrogens (tertiary/aromatic N) is 3. The number of rotatable bonds is 4. The second-order valence-electron chi connectivity index (χ2n) is 6.44. The predicted octanol–water partition coefficient (Wildman–Crippen LogP) is 1.00. The summed E-state index contributed by atoms with van der Waals surface area (Å²) in [4.78, 5) is 17.2. The van der Waals surface area contributed by atoms with Crippen molar-refractivity contribution >= 4 is 5.91 Å². The second kappa shape index (κ2) is 6.79. The van der Waals surface area contributed by atoms with E-state index in [1.54, 1.807) is 0 Å². The zero-order chi connectivity index (χ0) is 15.5. The first-order valence-electron chi connectivity index (χ1n) is 8.47. The van der Waals surface area contributed by atoms with E-state index in [0.29, 0.717) is 11.7 Å². The Balaban J connectivity index is 1.64. The van der Waals surface area contributed by atoms with E-state index < -0.39 is 0 Å². The molecule has 0 atom stereocenters. The lowest BCUT2D eigenvalue weighted by atomic mass is 10.0. The average molecular weight is 305 g/mol. The number of hydrogen-bond acceptors (Lipinski definition) is 4. The molecular weight excluding hydrogens is 278 g/mol. The Morgan fingerprint density at radius 1 is 1.41 bits per heavy atom. The van der Waals surface area contributed by atoms with E-state index in [0.717, 1.165) is 56.7 Å². The quantitative estimate of drug-likeness (QED) is 0.871. The highest BCUT2D eigenvalue weighted by molar-refractivity contribution is 5.94. The van der Waals surface area contributed by atoms with E-state index in [-0.39, 0.29) is 5.91 Å². The summed E-state index contributed by atoms with van der Waals surface area (Å²) in [5.74, 6) is 0.0649. The summed E-state index contributed by atoms with van der Waals surface area (Å²) in [6, 6.07) is 0.338. The van der Waals surface area contributed by atoms with E-state index in [2.05, 4.69) is 27.3 Å². The van der Waals surface area contributed by atoms with Crippen LogP contribution >= 0.6 is 0 Å². The third-order valence-corrected chi connectivity index (χ3v) is 4.97. The first kappa shape index (κ1) is 15.5. The van der Waals surface area contributed by atoms with Crippen LogP contribution in [0.1, 0.15) is 47.9 Å². The molecule has 0 spiro atoms. The molecule has 6 nitrogen and oxygen atoms in total. The van der Waals surface area contributed by atoms with Gasteiger partial charge >= 0.3 is 0 Å². The van der Waals surface area contributed by atoms with Crippen LogP contribution in [0.4, 0.5) is 0 Å². The van der Waals surface area contributed by atoms with Gasteiger partial charge in [0, 0.05) is 56.9 Å². The highest BCUT2D eigenvalue weighted by atomic mass is 16.2. The second-order valence-corrected chi connectivity index (χ2v) is 6.44. The molecule has 1 aromatic rings. The molecule has 3 rings (SSSR count). The molecule has 3 heterocycles. The van der Waals surface area contributed by atoms with Crippen molar-refractivity contribution in [2.45, 2.75) is 45.2 Å². The summed E-state index contributed by atoms with van der Waals surface area (Å²) in [5.41, 5.74) is 2.79. The molecule has 22 heavy (non-hydrogen) atoms. The molecular formula is C16H27N5O. The lowest BCUT2D eigenvalue weighted by molar-refractivity contribution is 0.0635. The minimum absolute atomic E-state index is 0.0649. The van der Waals surface area contributed by atoms with Gasteiger partial charge in [0.1, 0.15) is 0 Å². The van der Waals surface area contributed by atoms with Gasteiger partial charge in [0.15, 0.2) is 5.69 Å². The lowest BCUT2D eigenvalue weighted by Crippen LogP contribution is -2.46. The minimum Gasteiger partial charge on any atom is -0.337 e. The van der Waals surface area contributed by atoms with Crippen LogP contribution < -0.4 is 5.32 Å². The van der Waals surface area contributed by atoms with Crippen molar-refractivity contribution in [1.29, 1.82) is 0 Å². The molecule has 1 saturated heterocycles. The molecule has 1 amide bonds. The number of aromatic nitrogens is 2. The van der Waals surface area contributed by atoms with Gasteiger partial charge in [-0.05, 0) is 25.8 Å². The molecule has 0 radical (unpaired) electrons. The van der Waals surface area contributed by atoms with Crippen LogP contribution in [0.3, 0.4) is 0 Å². The molecule has 0 unspecified atom stereocenters. The van der Waals surface area contributed by atoms with E-state index >= 15 is 0 Å². The number of nitrogens with one attached hydrogen (secondary N) is 2. The first-order valence-corrected chi connectivity index (χ1v) is 8.47. The van der Waals surface area contributed by atoms with Gasteiger partial charge in [-0.3, -0.25) is 9.89 Å². The topological polar surface area (TPSA) is 64.3 Å². The number of aromatic amines is 1. The Morgan fingerprint density at radius 3 is 2.91 bits per heavy atom. The van der Waals surface area contributed by atoms with Crippen LogP contribution in [-0.4, -0.2) is 65.2 Å². The number of hydrogen-bond donors (Lipinski definition) is 2. The smallest absolute Gasteiger partial charge is 0.274 e. The van der Waals surface area contributed by atoms with Crippen molar-refractivity contribution in [3.63, 3.8) is 0 Å². The fourth-order valence-electron chi connectivity index (χ4n) is 3.58. The highest BCUT2D eigenvalue weighted by Gasteiger charge is 2.29. The monoisotopic (exact) mass is 305 g/mol. The summed E-state index contributed by atoms with van der Waals surface area (Å²) in [6.45, 7) is 7.27. The van der Waals surface area contributed by atoms with Crippen LogP contribution in [0.25, 0.3) is 0 Å². The first-order chi connectivity index (χ1) is 10.7. The van der Waals surface area contributed by atoms with E-state index in [1.807, 2.05) is 11.9 Å². The molecule has 2 aliphatic rings. The molecule has 0 bridgehead atoms. The number of carbonyl (C=O) groups excluding carboxylic acids is 1. The van der Waals surface area contributed by atoms with E-state index in [4.69, 9.17) is 0 Å². The van der Waals surface area contributed by atoms with Crippen molar-refractivity contribution in [2.24, 2.45) is 0 Å². The molecule has 6 heteroatoms. The lowest BCUT2D eigenvalue weighted by Gasteiger charge is -2.36. The fraction of sp³-hybridized carbons (Fsp3) is 0.750. The average Bonchev–Trinajstić information content (AvgIpc) is 2.98. The molecule has 0 aliphatic carbocycles. The summed E-state index contributed by atoms with van der Waals surface area (Å²) in [7, 11) is 1.93. The number of fused-ring (bicyclic) bond motifs is 1. The number of amides is 1. The molecule has 1 aromatic heterocycles. The zero-order valence-electron chi connectivity index (χ0n) is 13.7. The van der Waals surface area contributed by atoms with Crippen molar-refractivity contribution in [3.05, 3.63) is 17.0 Å². The molecule has 2 N–H and O–H groups in total. The molecule has 0 saturated carbocycles. The van der Waals surface area contributed by atoms with Gasteiger partial charge in [-0.25, -0.2) is 0 Å². The number of H-pyrrole nitrogens is 1. The van der Waals surface area contributed by atoms with Gasteiger partial charge in [0.2, 0.25) is 0 Å². The van der Waals surface area contributed by atoms with Crippen LogP contribution in [-0.2, 0) is 13.0 Å². The Kier molecular flexibility index (Phi) is 4.78. The van der Waals surface area contributed by atoms with Crippen molar-refractivity contribution in [2.75, 3.05) is 33.2 Å². The Morgan fingerprint density at radius 2 is 2.18 bits per heavy atom. The Bertz CT molecular complexity index is 519. The number of carbonyl (C=O) groups is 1. The summed E-state index contributed by atoms with van der Waals surface area (Å²) < 4.78 is 0. The summed E-state index contributed by atoms with van der Waals surface area (Å²) in [5, 5.41) is 10.7. The van der Waals surface area contributed by atoms with Gasteiger partial charge in [-0.2, -0.15) is 5.10 Å². The third kappa shape index (κ3) is 3.03. The van der Waals surface area contributed by atoms with Crippen LogP contribution in [0.5, 0.6) is 0 Å². The number of likely N-dealkylation sites (tertiary alicyclic amines) is 1. The van der Waals surface area contributed by atoms with Gasteiger partial charge in [-0.15, -0.1) is 0 Å². The largest absolute Gasteiger partial charge is 0.337 e. The minimum atomic E-state index is 0.0649. The normalized spacial score (nSPS) is 19.9. The third-order valence-electron chi connectivity index (χ3n) is 4.97. The van der Waals surface area contributed by atoms with E-state index in [9.17, 15) is 4.79 Å². The van der Waals surface area contributed by atoms with Crippen molar-refractivity contribution in [3.8, 4) is 0 Å².